The summed E-state index contributed by atoms with van der Waals surface area (Å²) >= 11 is 11.8. The van der Waals surface area contributed by atoms with Crippen molar-refractivity contribution in [1.82, 2.24) is 15.3 Å². The van der Waals surface area contributed by atoms with Crippen LogP contribution >= 0.6 is 23.2 Å². The van der Waals surface area contributed by atoms with Crippen LogP contribution < -0.4 is 5.32 Å². The van der Waals surface area contributed by atoms with E-state index in [2.05, 4.69) is 15.3 Å². The van der Waals surface area contributed by atoms with Crippen LogP contribution in [0.15, 0.2) is 48.5 Å². The van der Waals surface area contributed by atoms with Crippen molar-refractivity contribution in [2.75, 3.05) is 6.61 Å². The highest BCUT2D eigenvalue weighted by molar-refractivity contribution is 6.31. The third-order valence-corrected chi connectivity index (χ3v) is 4.85. The van der Waals surface area contributed by atoms with E-state index in [4.69, 9.17) is 23.2 Å². The fraction of sp³-hybridized carbons (Fsp3) is 0.190. The molecule has 0 aliphatic heterocycles. The summed E-state index contributed by atoms with van der Waals surface area (Å²) < 4.78 is 39.1. The maximum atomic E-state index is 13.0. The largest absolute Gasteiger partial charge is 0.417 e. The first-order valence-electron chi connectivity index (χ1n) is 9.02. The number of aliphatic hydroxyl groups excluding tert-OH is 1. The Bertz CT molecular complexity index is 1110. The number of aromatic nitrogens is 2. The van der Waals surface area contributed by atoms with E-state index < -0.39 is 28.7 Å². The molecule has 0 saturated carbocycles. The summed E-state index contributed by atoms with van der Waals surface area (Å²) in [5.41, 5.74) is 0.181. The van der Waals surface area contributed by atoms with Gasteiger partial charge in [0, 0.05) is 22.2 Å². The average molecular weight is 470 g/mol. The van der Waals surface area contributed by atoms with Crippen LogP contribution in [0.5, 0.6) is 0 Å². The van der Waals surface area contributed by atoms with Gasteiger partial charge in [0.1, 0.15) is 5.69 Å². The summed E-state index contributed by atoms with van der Waals surface area (Å²) in [4.78, 5) is 21.2. The van der Waals surface area contributed by atoms with Gasteiger partial charge >= 0.3 is 6.18 Å². The lowest BCUT2D eigenvalue weighted by atomic mass is 10.1. The SMILES string of the molecule is C[C@@H](CO)NC(=O)c1cc(-c2ccc(Cl)cc2)nc(-c2ccc(C(F)(F)F)c(Cl)c2)n1. The monoisotopic (exact) mass is 469 g/mol. The number of alkyl halides is 3. The van der Waals surface area contributed by atoms with Gasteiger partial charge in [0.2, 0.25) is 0 Å². The highest BCUT2D eigenvalue weighted by atomic mass is 35.5. The van der Waals surface area contributed by atoms with E-state index in [-0.39, 0.29) is 23.7 Å². The van der Waals surface area contributed by atoms with Gasteiger partial charge in [-0.15, -0.1) is 0 Å². The lowest BCUT2D eigenvalue weighted by Crippen LogP contribution is -2.35. The van der Waals surface area contributed by atoms with Gasteiger partial charge in [-0.2, -0.15) is 13.2 Å². The lowest BCUT2D eigenvalue weighted by molar-refractivity contribution is -0.137. The third kappa shape index (κ3) is 5.52. The van der Waals surface area contributed by atoms with Crippen molar-refractivity contribution in [3.63, 3.8) is 0 Å². The predicted molar refractivity (Wildman–Crippen MR) is 112 cm³/mol. The minimum Gasteiger partial charge on any atom is -0.394 e. The molecule has 1 atom stereocenters. The number of aliphatic hydroxyl groups is 1. The van der Waals surface area contributed by atoms with Crippen LogP contribution in [0.1, 0.15) is 23.0 Å². The van der Waals surface area contributed by atoms with Crippen LogP contribution in [-0.4, -0.2) is 33.6 Å². The Morgan fingerprint density at radius 3 is 2.29 bits per heavy atom. The molecule has 0 aliphatic carbocycles. The van der Waals surface area contributed by atoms with Crippen LogP contribution in [0.2, 0.25) is 10.0 Å². The van der Waals surface area contributed by atoms with Gasteiger partial charge in [-0.05, 0) is 37.3 Å². The second-order valence-corrected chi connectivity index (χ2v) is 7.56. The second-order valence-electron chi connectivity index (χ2n) is 6.72. The smallest absolute Gasteiger partial charge is 0.394 e. The first-order valence-corrected chi connectivity index (χ1v) is 9.78. The summed E-state index contributed by atoms with van der Waals surface area (Å²) in [6, 6.07) is 10.7. The van der Waals surface area contributed by atoms with Gasteiger partial charge < -0.3 is 10.4 Å². The molecule has 1 aromatic heterocycles. The standard InChI is InChI=1S/C21H16Cl2F3N3O2/c1-11(10-30)27-20(31)18-9-17(12-2-5-14(22)6-3-12)28-19(29-18)13-4-7-15(16(23)8-13)21(24,25)26/h2-9,11,30H,10H2,1H3,(H,27,31)/t11-/m0/s1. The molecule has 0 radical (unpaired) electrons. The van der Waals surface area contributed by atoms with E-state index in [0.717, 1.165) is 12.1 Å². The normalized spacial score (nSPS) is 12.5. The van der Waals surface area contributed by atoms with Crippen LogP contribution in [0.25, 0.3) is 22.6 Å². The van der Waals surface area contributed by atoms with E-state index in [1.165, 1.54) is 12.1 Å². The van der Waals surface area contributed by atoms with Gasteiger partial charge in [0.15, 0.2) is 5.82 Å². The van der Waals surface area contributed by atoms with Crippen LogP contribution in [0.4, 0.5) is 13.2 Å². The number of halogens is 5. The molecule has 0 aliphatic rings. The van der Waals surface area contributed by atoms with Crippen molar-refractivity contribution >= 4 is 29.1 Å². The molecule has 0 fully saturated rings. The van der Waals surface area contributed by atoms with Crippen molar-refractivity contribution in [2.45, 2.75) is 19.1 Å². The van der Waals surface area contributed by atoms with Crippen LogP contribution in [0, 0.1) is 0 Å². The molecule has 2 N–H and O–H groups in total. The maximum absolute atomic E-state index is 13.0. The van der Waals surface area contributed by atoms with Gasteiger partial charge in [0.05, 0.1) is 22.9 Å². The number of hydrogen-bond donors (Lipinski definition) is 2. The van der Waals surface area contributed by atoms with E-state index in [1.807, 2.05) is 0 Å². The summed E-state index contributed by atoms with van der Waals surface area (Å²) in [6.45, 7) is 1.33. The predicted octanol–water partition coefficient (Wildman–Crippen LogP) is 5.25. The fourth-order valence-electron chi connectivity index (χ4n) is 2.69. The molecule has 3 rings (SSSR count). The quantitative estimate of drug-likeness (QED) is 0.535. The molecular formula is C21H16Cl2F3N3O2. The molecule has 0 saturated heterocycles. The van der Waals surface area contributed by atoms with Crippen molar-refractivity contribution in [1.29, 1.82) is 0 Å². The van der Waals surface area contributed by atoms with E-state index >= 15 is 0 Å². The Hall–Kier alpha value is -2.68. The first kappa shape index (κ1) is 23.0. The number of rotatable bonds is 5. The Balaban J connectivity index is 2.12. The number of carbonyl (C=O) groups is 1. The molecule has 1 heterocycles. The lowest BCUT2D eigenvalue weighted by Gasteiger charge is -2.13. The highest BCUT2D eigenvalue weighted by Gasteiger charge is 2.33. The fourth-order valence-corrected chi connectivity index (χ4v) is 3.10. The average Bonchev–Trinajstić information content (AvgIpc) is 2.72. The minimum absolute atomic E-state index is 0.0184. The van der Waals surface area contributed by atoms with Gasteiger partial charge in [-0.25, -0.2) is 9.97 Å². The number of carbonyl (C=O) groups excluding carboxylic acids is 1. The molecule has 0 bridgehead atoms. The van der Waals surface area contributed by atoms with Crippen molar-refractivity contribution in [2.24, 2.45) is 0 Å². The highest BCUT2D eigenvalue weighted by Crippen LogP contribution is 2.36. The second kappa shape index (κ2) is 9.21. The Morgan fingerprint density at radius 1 is 1.06 bits per heavy atom. The maximum Gasteiger partial charge on any atom is 0.417 e. The van der Waals surface area contributed by atoms with Crippen molar-refractivity contribution in [3.05, 3.63) is 69.8 Å². The minimum atomic E-state index is -4.60. The van der Waals surface area contributed by atoms with Gasteiger partial charge in [0.25, 0.3) is 5.91 Å². The van der Waals surface area contributed by atoms with Crippen LogP contribution in [-0.2, 0) is 6.18 Å². The van der Waals surface area contributed by atoms with Gasteiger partial charge in [-0.1, -0.05) is 41.4 Å². The zero-order valence-electron chi connectivity index (χ0n) is 16.0. The molecule has 5 nitrogen and oxygen atoms in total. The molecule has 0 unspecified atom stereocenters. The first-order chi connectivity index (χ1) is 14.6. The summed E-state index contributed by atoms with van der Waals surface area (Å²) in [6.07, 6.45) is -4.60. The molecule has 0 spiro atoms. The number of amides is 1. The topological polar surface area (TPSA) is 75.1 Å². The molecule has 3 aromatic rings. The summed E-state index contributed by atoms with van der Waals surface area (Å²) in [5.74, 6) is -0.553. The third-order valence-electron chi connectivity index (χ3n) is 4.28. The summed E-state index contributed by atoms with van der Waals surface area (Å²) in [7, 11) is 0. The Labute approximate surface area is 185 Å². The number of benzene rings is 2. The molecule has 10 heteroatoms. The molecular weight excluding hydrogens is 454 g/mol. The Kier molecular flexibility index (Phi) is 6.83. The van der Waals surface area contributed by atoms with E-state index in [0.29, 0.717) is 16.3 Å². The Morgan fingerprint density at radius 2 is 1.71 bits per heavy atom. The summed E-state index contributed by atoms with van der Waals surface area (Å²) in [5, 5.41) is 11.7. The zero-order valence-corrected chi connectivity index (χ0v) is 17.6. The van der Waals surface area contributed by atoms with E-state index in [9.17, 15) is 23.1 Å². The zero-order chi connectivity index (χ0) is 22.8. The number of nitrogens with one attached hydrogen (secondary N) is 1. The molecule has 162 valence electrons. The molecule has 1 amide bonds. The van der Waals surface area contributed by atoms with Crippen molar-refractivity contribution < 1.29 is 23.1 Å². The number of nitrogens with zero attached hydrogens (tertiary/aromatic N) is 2. The molecule has 31 heavy (non-hydrogen) atoms. The van der Waals surface area contributed by atoms with E-state index in [1.54, 1.807) is 31.2 Å². The van der Waals surface area contributed by atoms with Gasteiger partial charge in [-0.3, -0.25) is 4.79 Å². The van der Waals surface area contributed by atoms with Crippen LogP contribution in [0.3, 0.4) is 0 Å². The van der Waals surface area contributed by atoms with Crippen molar-refractivity contribution in [3.8, 4) is 22.6 Å². The molecule has 2 aromatic carbocycles. The number of hydrogen-bond acceptors (Lipinski definition) is 4.